The third-order valence-electron chi connectivity index (χ3n) is 4.84. The van der Waals surface area contributed by atoms with Crippen LogP contribution < -0.4 is 16.4 Å². The molecule has 2 atom stereocenters. The Morgan fingerprint density at radius 1 is 1.21 bits per heavy atom. The first-order valence-corrected chi connectivity index (χ1v) is 8.80. The lowest BCUT2D eigenvalue weighted by Gasteiger charge is -2.25. The summed E-state index contributed by atoms with van der Waals surface area (Å²) < 4.78 is 0. The van der Waals surface area contributed by atoms with Crippen molar-refractivity contribution in [3.63, 3.8) is 0 Å². The van der Waals surface area contributed by atoms with E-state index >= 15 is 0 Å². The van der Waals surface area contributed by atoms with E-state index in [1.54, 1.807) is 24.3 Å². The molecule has 1 aromatic rings. The molecule has 2 amide bonds. The van der Waals surface area contributed by atoms with Crippen molar-refractivity contribution in [2.45, 2.75) is 64.5 Å². The second kappa shape index (κ2) is 7.79. The fourth-order valence-corrected chi connectivity index (χ4v) is 2.88. The van der Waals surface area contributed by atoms with Gasteiger partial charge in [0.25, 0.3) is 5.91 Å². The molecule has 1 aromatic carbocycles. The Bertz CT molecular complexity index is 581. The molecule has 132 valence electrons. The third kappa shape index (κ3) is 5.06. The number of carbonyl (C=O) groups excluding carboxylic acids is 2. The summed E-state index contributed by atoms with van der Waals surface area (Å²) in [5.74, 6) is -0.0884. The summed E-state index contributed by atoms with van der Waals surface area (Å²) in [6.45, 7) is 6.03. The SMILES string of the molecule is CCC(C)(C)NC(=O)c1ccc(NC(=O)C2CCCC(N)C2)cc1. The molecule has 0 aromatic heterocycles. The maximum Gasteiger partial charge on any atom is 0.251 e. The second-order valence-electron chi connectivity index (χ2n) is 7.38. The van der Waals surface area contributed by atoms with E-state index in [-0.39, 0.29) is 29.3 Å². The van der Waals surface area contributed by atoms with E-state index in [1.165, 1.54) is 0 Å². The van der Waals surface area contributed by atoms with Crippen molar-refractivity contribution in [1.82, 2.24) is 5.32 Å². The molecular formula is C19H29N3O2. The number of hydrogen-bond acceptors (Lipinski definition) is 3. The number of anilines is 1. The van der Waals surface area contributed by atoms with Crippen molar-refractivity contribution in [1.29, 1.82) is 0 Å². The van der Waals surface area contributed by atoms with E-state index in [0.717, 1.165) is 32.1 Å². The van der Waals surface area contributed by atoms with Crippen LogP contribution in [0.4, 0.5) is 5.69 Å². The molecule has 0 radical (unpaired) electrons. The van der Waals surface area contributed by atoms with Gasteiger partial charge < -0.3 is 16.4 Å². The molecule has 0 heterocycles. The van der Waals surface area contributed by atoms with Gasteiger partial charge in [0.05, 0.1) is 0 Å². The lowest BCUT2D eigenvalue weighted by molar-refractivity contribution is -0.120. The van der Waals surface area contributed by atoms with Crippen LogP contribution >= 0.6 is 0 Å². The van der Waals surface area contributed by atoms with Gasteiger partial charge in [0.15, 0.2) is 0 Å². The maximum atomic E-state index is 12.3. The normalized spacial score (nSPS) is 21.2. The Kier molecular flexibility index (Phi) is 5.99. The van der Waals surface area contributed by atoms with Crippen molar-refractivity contribution in [3.05, 3.63) is 29.8 Å². The molecule has 2 unspecified atom stereocenters. The number of amides is 2. The zero-order chi connectivity index (χ0) is 17.7. The molecular weight excluding hydrogens is 302 g/mol. The molecule has 2 rings (SSSR count). The van der Waals surface area contributed by atoms with Crippen molar-refractivity contribution >= 4 is 17.5 Å². The fourth-order valence-electron chi connectivity index (χ4n) is 2.88. The maximum absolute atomic E-state index is 12.3. The second-order valence-corrected chi connectivity index (χ2v) is 7.38. The molecule has 1 aliphatic rings. The van der Waals surface area contributed by atoms with Crippen LogP contribution in [0.5, 0.6) is 0 Å². The van der Waals surface area contributed by atoms with Gasteiger partial charge in [-0.3, -0.25) is 9.59 Å². The quantitative estimate of drug-likeness (QED) is 0.775. The summed E-state index contributed by atoms with van der Waals surface area (Å²) in [4.78, 5) is 24.5. The highest BCUT2D eigenvalue weighted by Crippen LogP contribution is 2.24. The highest BCUT2D eigenvalue weighted by molar-refractivity contribution is 5.96. The summed E-state index contributed by atoms with van der Waals surface area (Å²) in [5, 5.41) is 5.93. The number of nitrogens with two attached hydrogens (primary N) is 1. The zero-order valence-electron chi connectivity index (χ0n) is 14.9. The zero-order valence-corrected chi connectivity index (χ0v) is 14.9. The first kappa shape index (κ1) is 18.5. The van der Waals surface area contributed by atoms with Gasteiger partial charge >= 0.3 is 0 Å². The van der Waals surface area contributed by atoms with Crippen molar-refractivity contribution in [2.75, 3.05) is 5.32 Å². The Morgan fingerprint density at radius 2 is 1.88 bits per heavy atom. The highest BCUT2D eigenvalue weighted by atomic mass is 16.2. The van der Waals surface area contributed by atoms with Crippen LogP contribution in [0.3, 0.4) is 0 Å². The van der Waals surface area contributed by atoms with E-state index in [2.05, 4.69) is 10.6 Å². The third-order valence-corrected chi connectivity index (χ3v) is 4.84. The summed E-state index contributed by atoms with van der Waals surface area (Å²) in [6.07, 6.45) is 4.51. The van der Waals surface area contributed by atoms with E-state index in [4.69, 9.17) is 5.73 Å². The molecule has 5 nitrogen and oxygen atoms in total. The van der Waals surface area contributed by atoms with Crippen LogP contribution in [-0.4, -0.2) is 23.4 Å². The Labute approximate surface area is 144 Å². The van der Waals surface area contributed by atoms with Crippen molar-refractivity contribution in [2.24, 2.45) is 11.7 Å². The molecule has 1 fully saturated rings. The molecule has 4 N–H and O–H groups in total. The molecule has 0 aliphatic heterocycles. The van der Waals surface area contributed by atoms with Gasteiger partial charge in [0.1, 0.15) is 0 Å². The monoisotopic (exact) mass is 331 g/mol. The highest BCUT2D eigenvalue weighted by Gasteiger charge is 2.25. The number of rotatable bonds is 5. The number of nitrogens with one attached hydrogen (secondary N) is 2. The fraction of sp³-hybridized carbons (Fsp3) is 0.579. The molecule has 0 saturated heterocycles. The van der Waals surface area contributed by atoms with E-state index in [1.807, 2.05) is 20.8 Å². The molecule has 24 heavy (non-hydrogen) atoms. The summed E-state index contributed by atoms with van der Waals surface area (Å²) in [5.41, 5.74) is 7.02. The lowest BCUT2D eigenvalue weighted by Crippen LogP contribution is -2.42. The van der Waals surface area contributed by atoms with Gasteiger partial charge in [-0.1, -0.05) is 13.3 Å². The van der Waals surface area contributed by atoms with Gasteiger partial charge in [-0.25, -0.2) is 0 Å². The van der Waals surface area contributed by atoms with Gasteiger partial charge in [-0.15, -0.1) is 0 Å². The van der Waals surface area contributed by atoms with E-state index < -0.39 is 0 Å². The number of benzene rings is 1. The Balaban J connectivity index is 1.94. The summed E-state index contributed by atoms with van der Waals surface area (Å²) in [6, 6.07) is 7.15. The van der Waals surface area contributed by atoms with Crippen LogP contribution in [0.2, 0.25) is 0 Å². The van der Waals surface area contributed by atoms with Crippen LogP contribution in [-0.2, 0) is 4.79 Å². The minimum atomic E-state index is -0.232. The van der Waals surface area contributed by atoms with E-state index in [9.17, 15) is 9.59 Å². The average molecular weight is 331 g/mol. The van der Waals surface area contributed by atoms with E-state index in [0.29, 0.717) is 11.3 Å². The smallest absolute Gasteiger partial charge is 0.251 e. The van der Waals surface area contributed by atoms with Crippen molar-refractivity contribution < 1.29 is 9.59 Å². The average Bonchev–Trinajstić information content (AvgIpc) is 2.55. The minimum absolute atomic E-state index is 0.0120. The van der Waals surface area contributed by atoms with Gasteiger partial charge in [-0.2, -0.15) is 0 Å². The summed E-state index contributed by atoms with van der Waals surface area (Å²) in [7, 11) is 0. The van der Waals surface area contributed by atoms with Crippen LogP contribution in [0.25, 0.3) is 0 Å². The van der Waals surface area contributed by atoms with Crippen LogP contribution in [0.15, 0.2) is 24.3 Å². The largest absolute Gasteiger partial charge is 0.347 e. The Hall–Kier alpha value is -1.88. The predicted molar refractivity (Wildman–Crippen MR) is 96.8 cm³/mol. The van der Waals surface area contributed by atoms with Crippen molar-refractivity contribution in [3.8, 4) is 0 Å². The Morgan fingerprint density at radius 3 is 2.46 bits per heavy atom. The lowest BCUT2D eigenvalue weighted by atomic mass is 9.85. The van der Waals surface area contributed by atoms with Crippen LogP contribution in [0.1, 0.15) is 63.2 Å². The van der Waals surface area contributed by atoms with Gasteiger partial charge in [0.2, 0.25) is 5.91 Å². The molecule has 1 saturated carbocycles. The molecule has 0 bridgehead atoms. The minimum Gasteiger partial charge on any atom is -0.347 e. The first-order valence-electron chi connectivity index (χ1n) is 8.80. The summed E-state index contributed by atoms with van der Waals surface area (Å²) >= 11 is 0. The molecule has 5 heteroatoms. The first-order chi connectivity index (χ1) is 11.3. The van der Waals surface area contributed by atoms with Gasteiger partial charge in [-0.05, 0) is 63.8 Å². The number of hydrogen-bond donors (Lipinski definition) is 3. The standard InChI is InChI=1S/C19H29N3O2/c1-4-19(2,3)22-18(24)13-8-10-16(11-9-13)21-17(23)14-6-5-7-15(20)12-14/h8-11,14-15H,4-7,12,20H2,1-3H3,(H,21,23)(H,22,24). The molecule has 0 spiro atoms. The number of carbonyl (C=O) groups is 2. The molecule has 1 aliphatic carbocycles. The topological polar surface area (TPSA) is 84.2 Å². The van der Waals surface area contributed by atoms with Gasteiger partial charge in [0, 0.05) is 28.7 Å². The van der Waals surface area contributed by atoms with Crippen LogP contribution in [0, 0.1) is 5.92 Å². The predicted octanol–water partition coefficient (Wildman–Crippen LogP) is 3.06.